The van der Waals surface area contributed by atoms with Crippen molar-refractivity contribution in [1.82, 2.24) is 4.57 Å². The Balaban J connectivity index is 2.79. The van der Waals surface area contributed by atoms with E-state index in [0.29, 0.717) is 10.0 Å². The molecule has 0 aliphatic carbocycles. The quantitative estimate of drug-likeness (QED) is 0.813. The van der Waals surface area contributed by atoms with E-state index in [1.165, 1.54) is 6.92 Å². The van der Waals surface area contributed by atoms with E-state index in [1.54, 1.807) is 24.3 Å². The van der Waals surface area contributed by atoms with Crippen molar-refractivity contribution in [3.05, 3.63) is 61.3 Å². The molecular weight excluding hydrogens is 372 g/mol. The summed E-state index contributed by atoms with van der Waals surface area (Å²) in [5, 5.41) is 19.9. The van der Waals surface area contributed by atoms with Gasteiger partial charge in [-0.25, -0.2) is 0 Å². The molecule has 0 atom stereocenters. The summed E-state index contributed by atoms with van der Waals surface area (Å²) in [5.41, 5.74) is -0.164. The van der Waals surface area contributed by atoms with Crippen molar-refractivity contribution in [1.29, 1.82) is 5.26 Å². The first-order valence-corrected chi connectivity index (χ1v) is 8.24. The van der Waals surface area contributed by atoms with Crippen LogP contribution in [0.2, 0.25) is 0 Å². The molecule has 1 N–H and O–H groups in total. The molecule has 2 aromatic rings. The third kappa shape index (κ3) is 3.13. The van der Waals surface area contributed by atoms with Gasteiger partial charge in [-0.15, -0.1) is 0 Å². The highest BCUT2D eigenvalue weighted by atomic mass is 79.9. The van der Waals surface area contributed by atoms with E-state index < -0.39 is 17.2 Å². The molecule has 0 saturated carbocycles. The summed E-state index contributed by atoms with van der Waals surface area (Å²) in [6, 6.07) is 8.67. The van der Waals surface area contributed by atoms with E-state index in [9.17, 15) is 20.0 Å². The maximum absolute atomic E-state index is 12.9. The number of rotatable bonds is 4. The highest BCUT2D eigenvalue weighted by Crippen LogP contribution is 2.28. The van der Waals surface area contributed by atoms with Crippen molar-refractivity contribution < 1.29 is 9.90 Å². The van der Waals surface area contributed by atoms with Gasteiger partial charge in [0.1, 0.15) is 11.6 Å². The highest BCUT2D eigenvalue weighted by Gasteiger charge is 2.25. The molecule has 0 amide bonds. The van der Waals surface area contributed by atoms with Crippen LogP contribution in [0.5, 0.6) is 5.88 Å². The van der Waals surface area contributed by atoms with Gasteiger partial charge in [0.2, 0.25) is 5.88 Å². The van der Waals surface area contributed by atoms with Gasteiger partial charge in [-0.1, -0.05) is 41.9 Å². The fourth-order valence-corrected chi connectivity index (χ4v) is 3.00. The lowest BCUT2D eigenvalue weighted by atomic mass is 9.97. The standard InChI is InChI=1S/C18H17BrN2O3/c1-10(2)9-21-17(23)13(8-20)11(3)15(18(21)24)16(22)12-6-4-5-7-14(12)19/h4-7,10,24H,9H2,1-3H3. The lowest BCUT2D eigenvalue weighted by molar-refractivity contribution is 0.103. The summed E-state index contributed by atoms with van der Waals surface area (Å²) in [7, 11) is 0. The van der Waals surface area contributed by atoms with Crippen LogP contribution in [0.25, 0.3) is 0 Å². The molecule has 5 nitrogen and oxygen atoms in total. The van der Waals surface area contributed by atoms with Crippen molar-refractivity contribution in [3.8, 4) is 11.9 Å². The van der Waals surface area contributed by atoms with E-state index >= 15 is 0 Å². The average Bonchev–Trinajstić information content (AvgIpc) is 2.52. The van der Waals surface area contributed by atoms with Crippen LogP contribution in [0.15, 0.2) is 33.5 Å². The SMILES string of the molecule is Cc1c(C(=O)c2ccccc2Br)c(O)n(CC(C)C)c(=O)c1C#N. The van der Waals surface area contributed by atoms with Crippen molar-refractivity contribution in [3.63, 3.8) is 0 Å². The van der Waals surface area contributed by atoms with Gasteiger partial charge in [0.05, 0.1) is 5.56 Å². The van der Waals surface area contributed by atoms with Gasteiger partial charge in [-0.05, 0) is 30.5 Å². The molecule has 1 aromatic carbocycles. The van der Waals surface area contributed by atoms with Crippen LogP contribution in [0.1, 0.15) is 40.9 Å². The third-order valence-electron chi connectivity index (χ3n) is 3.69. The van der Waals surface area contributed by atoms with E-state index in [1.807, 2.05) is 19.9 Å². The molecule has 0 saturated heterocycles. The molecule has 0 aliphatic rings. The molecule has 0 radical (unpaired) electrons. The van der Waals surface area contributed by atoms with Crippen LogP contribution < -0.4 is 5.56 Å². The maximum atomic E-state index is 12.9. The number of nitriles is 1. The summed E-state index contributed by atoms with van der Waals surface area (Å²) in [6.07, 6.45) is 0. The first kappa shape index (κ1) is 18.0. The van der Waals surface area contributed by atoms with E-state index in [0.717, 1.165) is 4.57 Å². The minimum absolute atomic E-state index is 0.0151. The Labute approximate surface area is 148 Å². The molecular formula is C18H17BrN2O3. The minimum Gasteiger partial charge on any atom is -0.494 e. The number of ketones is 1. The molecule has 124 valence electrons. The number of aromatic nitrogens is 1. The molecule has 24 heavy (non-hydrogen) atoms. The zero-order chi connectivity index (χ0) is 18.0. The number of halogens is 1. The van der Waals surface area contributed by atoms with Gasteiger partial charge in [0, 0.05) is 16.6 Å². The topological polar surface area (TPSA) is 83.1 Å². The minimum atomic E-state index is -0.579. The van der Waals surface area contributed by atoms with Gasteiger partial charge in [0.25, 0.3) is 5.56 Å². The largest absolute Gasteiger partial charge is 0.494 e. The molecule has 0 spiro atoms. The number of hydrogen-bond acceptors (Lipinski definition) is 4. The molecule has 2 rings (SSSR count). The zero-order valence-corrected chi connectivity index (χ0v) is 15.2. The Morgan fingerprint density at radius 3 is 2.54 bits per heavy atom. The molecule has 0 aliphatic heterocycles. The number of pyridine rings is 1. The lowest BCUT2D eigenvalue weighted by Gasteiger charge is -2.17. The number of hydrogen-bond donors (Lipinski definition) is 1. The van der Waals surface area contributed by atoms with Crippen LogP contribution in [-0.2, 0) is 6.54 Å². The lowest BCUT2D eigenvalue weighted by Crippen LogP contribution is -2.28. The van der Waals surface area contributed by atoms with E-state index in [4.69, 9.17) is 0 Å². The monoisotopic (exact) mass is 388 g/mol. The van der Waals surface area contributed by atoms with Crippen LogP contribution in [-0.4, -0.2) is 15.5 Å². The number of aromatic hydroxyl groups is 1. The Kier molecular flexibility index (Phi) is 5.25. The maximum Gasteiger partial charge on any atom is 0.271 e. The number of nitrogens with zero attached hydrogens (tertiary/aromatic N) is 2. The first-order chi connectivity index (χ1) is 11.3. The average molecular weight is 389 g/mol. The second-order valence-electron chi connectivity index (χ2n) is 5.93. The smallest absolute Gasteiger partial charge is 0.271 e. The molecule has 6 heteroatoms. The van der Waals surface area contributed by atoms with E-state index in [2.05, 4.69) is 15.9 Å². The molecule has 0 fully saturated rings. The fraction of sp³-hybridized carbons (Fsp3) is 0.278. The van der Waals surface area contributed by atoms with Gasteiger partial charge >= 0.3 is 0 Å². The Bertz CT molecular complexity index is 908. The Morgan fingerprint density at radius 2 is 2.00 bits per heavy atom. The second kappa shape index (κ2) is 7.02. The Morgan fingerprint density at radius 1 is 1.38 bits per heavy atom. The number of benzene rings is 1. The summed E-state index contributed by atoms with van der Waals surface area (Å²) in [5.74, 6) is -0.772. The summed E-state index contributed by atoms with van der Waals surface area (Å²) in [4.78, 5) is 25.3. The number of carbonyl (C=O) groups is 1. The fourth-order valence-electron chi connectivity index (χ4n) is 2.54. The van der Waals surface area contributed by atoms with Crippen LogP contribution in [0.4, 0.5) is 0 Å². The van der Waals surface area contributed by atoms with Crippen molar-refractivity contribution in [2.75, 3.05) is 0 Å². The Hall–Kier alpha value is -2.39. The predicted octanol–water partition coefficient (Wildman–Crippen LogP) is 3.38. The number of carbonyl (C=O) groups excluding carboxylic acids is 1. The first-order valence-electron chi connectivity index (χ1n) is 7.45. The van der Waals surface area contributed by atoms with Crippen molar-refractivity contribution >= 4 is 21.7 Å². The van der Waals surface area contributed by atoms with Crippen molar-refractivity contribution in [2.24, 2.45) is 5.92 Å². The molecule has 0 bridgehead atoms. The van der Waals surface area contributed by atoms with Gasteiger partial charge in [-0.2, -0.15) is 5.26 Å². The van der Waals surface area contributed by atoms with Gasteiger partial charge < -0.3 is 5.11 Å². The molecule has 0 unspecified atom stereocenters. The summed E-state index contributed by atoms with van der Waals surface area (Å²) < 4.78 is 1.68. The predicted molar refractivity (Wildman–Crippen MR) is 94.2 cm³/mol. The highest BCUT2D eigenvalue weighted by molar-refractivity contribution is 9.10. The molecule has 1 aromatic heterocycles. The normalized spacial score (nSPS) is 10.7. The second-order valence-corrected chi connectivity index (χ2v) is 6.78. The van der Waals surface area contributed by atoms with Crippen molar-refractivity contribution in [2.45, 2.75) is 27.3 Å². The van der Waals surface area contributed by atoms with Crippen LogP contribution in [0, 0.1) is 24.2 Å². The zero-order valence-electron chi connectivity index (χ0n) is 13.6. The van der Waals surface area contributed by atoms with Crippen LogP contribution in [0.3, 0.4) is 0 Å². The van der Waals surface area contributed by atoms with Crippen LogP contribution >= 0.6 is 15.9 Å². The molecule has 1 heterocycles. The summed E-state index contributed by atoms with van der Waals surface area (Å²) in [6.45, 7) is 5.49. The van der Waals surface area contributed by atoms with Gasteiger partial charge in [-0.3, -0.25) is 14.2 Å². The van der Waals surface area contributed by atoms with Gasteiger partial charge in [0.15, 0.2) is 5.78 Å². The summed E-state index contributed by atoms with van der Waals surface area (Å²) >= 11 is 3.32. The third-order valence-corrected chi connectivity index (χ3v) is 4.38. The van der Waals surface area contributed by atoms with E-state index in [-0.39, 0.29) is 29.2 Å².